The smallest absolute Gasteiger partial charge is 0.162 e. The summed E-state index contributed by atoms with van der Waals surface area (Å²) in [4.78, 5) is 21.5. The van der Waals surface area contributed by atoms with Crippen LogP contribution in [0, 0.1) is 37.2 Å². The van der Waals surface area contributed by atoms with Crippen LogP contribution in [0.1, 0.15) is 117 Å². The molecule has 0 fully saturated rings. The first-order chi connectivity index (χ1) is 25.0. The molecule has 54 heavy (non-hydrogen) atoms. The molecule has 0 unspecified atom stereocenters. The average Bonchev–Trinajstić information content (AvgIpc) is 3.47. The molecular weight excluding hydrogens is 845 g/mol. The van der Waals surface area contributed by atoms with Gasteiger partial charge in [-0.15, -0.1) is 29.1 Å². The molecule has 6 heteroatoms. The van der Waals surface area contributed by atoms with E-state index >= 15 is 0 Å². The third kappa shape index (κ3) is 9.32. The van der Waals surface area contributed by atoms with Gasteiger partial charge in [-0.2, -0.15) is 0 Å². The number of benzene rings is 4. The summed E-state index contributed by atoms with van der Waals surface area (Å²) in [7, 11) is 0. The molecule has 289 valence electrons. The molecule has 0 saturated heterocycles. The fourth-order valence-corrected chi connectivity index (χ4v) is 7.46. The predicted molar refractivity (Wildman–Crippen MR) is 224 cm³/mol. The van der Waals surface area contributed by atoms with E-state index < -0.39 is 0 Å². The number of fused-ring (bicyclic) bond motifs is 6. The van der Waals surface area contributed by atoms with Gasteiger partial charge >= 0.3 is 0 Å². The van der Waals surface area contributed by atoms with Crippen LogP contribution < -0.4 is 0 Å². The molecule has 0 aliphatic rings. The Bertz CT molecular complexity index is 2290. The number of aromatic nitrogens is 2. The van der Waals surface area contributed by atoms with Gasteiger partial charge in [-0.05, 0) is 73.8 Å². The number of aliphatic hydroxyl groups excluding tert-OH is 1. The number of hydrogen-bond acceptors (Lipinski definition) is 5. The SMILES string of the molecule is CCC(CC)C(=O)/C=C(\O)C(CC)CC.Cc1ccc2[c-]c(-c3nc(C)nc4c3oc3c5cccc(CC(C)(C)C)c5ccc43)cc(C(C)(C)C)c2c1.[Ir]. The molecule has 0 atom stereocenters. The van der Waals surface area contributed by atoms with Gasteiger partial charge in [-0.25, -0.2) is 4.98 Å². The first-order valence-corrected chi connectivity index (χ1v) is 19.5. The molecule has 6 rings (SSSR count). The van der Waals surface area contributed by atoms with E-state index in [1.54, 1.807) is 0 Å². The van der Waals surface area contributed by atoms with E-state index in [9.17, 15) is 9.90 Å². The van der Waals surface area contributed by atoms with E-state index in [-0.39, 0.29) is 54.3 Å². The van der Waals surface area contributed by atoms with Crippen LogP contribution in [0.15, 0.2) is 70.8 Å². The fraction of sp³-hybridized carbons (Fsp3) is 0.438. The number of furan rings is 1. The largest absolute Gasteiger partial charge is 0.512 e. The molecule has 4 aromatic carbocycles. The molecule has 2 aromatic heterocycles. The van der Waals surface area contributed by atoms with Gasteiger partial charge in [0.05, 0.1) is 11.5 Å². The van der Waals surface area contributed by atoms with Crippen LogP contribution in [0.4, 0.5) is 0 Å². The van der Waals surface area contributed by atoms with Crippen LogP contribution in [0.25, 0.3) is 54.9 Å². The minimum Gasteiger partial charge on any atom is -0.512 e. The molecule has 6 aromatic rings. The van der Waals surface area contributed by atoms with Crippen molar-refractivity contribution in [3.05, 3.63) is 95.0 Å². The van der Waals surface area contributed by atoms with Crippen molar-refractivity contribution in [1.82, 2.24) is 9.97 Å². The summed E-state index contributed by atoms with van der Waals surface area (Å²) in [6, 6.07) is 23.4. The molecule has 0 saturated carbocycles. The van der Waals surface area contributed by atoms with Gasteiger partial charge in [-0.3, -0.25) is 9.78 Å². The Morgan fingerprint density at radius 2 is 1.44 bits per heavy atom. The number of hydrogen-bond donors (Lipinski definition) is 1. The molecule has 1 N–H and O–H groups in total. The molecule has 0 spiro atoms. The van der Waals surface area contributed by atoms with Crippen molar-refractivity contribution in [2.75, 3.05) is 0 Å². The zero-order chi connectivity index (χ0) is 38.8. The standard InChI is InChI=1S/C35H35N2O.C13H24O2.Ir/c1-20-12-13-22-17-24(18-29(28(22)16-20)35(6,7)8)30-33-31(37-21(2)36-30)27-15-14-25-23(19-34(3,4)5)10-9-11-26(25)32(27)38-33;1-5-10(6-2)12(14)9-13(15)11(7-3)8-4;/h9-16,18H,19H2,1-8H3;9-11,14H,5-8H2,1-4H3;/q-1;;/b;12-9-;. The molecule has 0 aliphatic carbocycles. The van der Waals surface area contributed by atoms with E-state index in [1.165, 1.54) is 33.5 Å². The van der Waals surface area contributed by atoms with Crippen LogP contribution in [-0.2, 0) is 36.7 Å². The first-order valence-electron chi connectivity index (χ1n) is 19.5. The van der Waals surface area contributed by atoms with Crippen LogP contribution in [0.5, 0.6) is 0 Å². The van der Waals surface area contributed by atoms with E-state index in [0.29, 0.717) is 0 Å². The molecule has 2 heterocycles. The molecule has 5 nitrogen and oxygen atoms in total. The Hall–Kier alpha value is -3.86. The minimum atomic E-state index is -0.0371. The fourth-order valence-electron chi connectivity index (χ4n) is 7.46. The number of nitrogens with zero attached hydrogens (tertiary/aromatic N) is 2. The third-order valence-corrected chi connectivity index (χ3v) is 10.4. The van der Waals surface area contributed by atoms with Crippen molar-refractivity contribution in [3.8, 4) is 11.3 Å². The Kier molecular flexibility index (Phi) is 13.7. The third-order valence-electron chi connectivity index (χ3n) is 10.4. The number of rotatable bonds is 9. The van der Waals surface area contributed by atoms with Crippen LogP contribution in [0.3, 0.4) is 0 Å². The van der Waals surface area contributed by atoms with Crippen LogP contribution >= 0.6 is 0 Å². The summed E-state index contributed by atoms with van der Waals surface area (Å²) in [6.45, 7) is 25.8. The first kappa shape index (κ1) is 42.9. The van der Waals surface area contributed by atoms with Gasteiger partial charge in [0.1, 0.15) is 22.5 Å². The molecule has 0 bridgehead atoms. The number of aliphatic hydroxyl groups is 1. The zero-order valence-electron chi connectivity index (χ0n) is 34.5. The predicted octanol–water partition coefficient (Wildman–Crippen LogP) is 13.5. The number of ketones is 1. The minimum absolute atomic E-state index is 0. The van der Waals surface area contributed by atoms with Crippen molar-refractivity contribution in [2.45, 2.75) is 121 Å². The van der Waals surface area contributed by atoms with Crippen molar-refractivity contribution >= 4 is 49.4 Å². The van der Waals surface area contributed by atoms with Crippen molar-refractivity contribution in [3.63, 3.8) is 0 Å². The maximum absolute atomic E-state index is 11.7. The second-order valence-electron chi connectivity index (χ2n) is 17.0. The molecule has 0 aliphatic heterocycles. The molecule has 1 radical (unpaired) electrons. The quantitative estimate of drug-likeness (QED) is 0.0889. The Balaban J connectivity index is 0.000000347. The van der Waals surface area contributed by atoms with Crippen molar-refractivity contribution in [1.29, 1.82) is 0 Å². The number of carbonyl (C=O) groups is 1. The van der Waals surface area contributed by atoms with Gasteiger partial charge < -0.3 is 9.52 Å². The second-order valence-corrected chi connectivity index (χ2v) is 17.0. The maximum Gasteiger partial charge on any atom is 0.162 e. The average molecular weight is 904 g/mol. The molecule has 0 amide bonds. The second kappa shape index (κ2) is 17.3. The van der Waals surface area contributed by atoms with Gasteiger partial charge in [-0.1, -0.05) is 122 Å². The normalized spacial score (nSPS) is 12.5. The number of allylic oxidation sites excluding steroid dienone is 2. The van der Waals surface area contributed by atoms with Crippen molar-refractivity contribution < 1.29 is 34.4 Å². The molecular formula is C48H59IrN2O3-. The van der Waals surface area contributed by atoms with Gasteiger partial charge in [0.2, 0.25) is 0 Å². The van der Waals surface area contributed by atoms with Crippen molar-refractivity contribution in [2.24, 2.45) is 17.3 Å². The summed E-state index contributed by atoms with van der Waals surface area (Å²) in [6.07, 6.45) is 5.91. The van der Waals surface area contributed by atoms with Crippen LogP contribution in [-0.4, -0.2) is 20.9 Å². The number of aryl methyl sites for hydroxylation is 2. The van der Waals surface area contributed by atoms with E-state index in [0.717, 1.165) is 82.0 Å². The Morgan fingerprint density at radius 1 is 0.796 bits per heavy atom. The summed E-state index contributed by atoms with van der Waals surface area (Å²) < 4.78 is 6.70. The number of carbonyl (C=O) groups excluding carboxylic acids is 1. The Labute approximate surface area is 336 Å². The van der Waals surface area contributed by atoms with Gasteiger partial charge in [0.25, 0.3) is 0 Å². The summed E-state index contributed by atoms with van der Waals surface area (Å²) >= 11 is 0. The zero-order valence-corrected chi connectivity index (χ0v) is 36.9. The summed E-state index contributed by atoms with van der Waals surface area (Å²) in [5.74, 6) is 1.28. The monoisotopic (exact) mass is 904 g/mol. The van der Waals surface area contributed by atoms with Gasteiger partial charge in [0.15, 0.2) is 5.78 Å². The Morgan fingerprint density at radius 3 is 2.06 bits per heavy atom. The van der Waals surface area contributed by atoms with E-state index in [1.807, 2.05) is 34.6 Å². The van der Waals surface area contributed by atoms with E-state index in [2.05, 4.69) is 109 Å². The van der Waals surface area contributed by atoms with Crippen LogP contribution in [0.2, 0.25) is 0 Å². The van der Waals surface area contributed by atoms with E-state index in [4.69, 9.17) is 14.4 Å². The summed E-state index contributed by atoms with van der Waals surface area (Å²) in [5.41, 5.74) is 8.24. The summed E-state index contributed by atoms with van der Waals surface area (Å²) in [5, 5.41) is 15.5. The maximum atomic E-state index is 11.7. The topological polar surface area (TPSA) is 76.2 Å². The van der Waals surface area contributed by atoms with Gasteiger partial charge in [0, 0.05) is 48.8 Å².